The molecule has 0 amide bonds. The van der Waals surface area contributed by atoms with Gasteiger partial charge in [-0.1, -0.05) is 27.5 Å². The second-order valence-electron chi connectivity index (χ2n) is 3.58. The van der Waals surface area contributed by atoms with Gasteiger partial charge in [-0.15, -0.1) is 0 Å². The number of furan rings is 1. The molecule has 2 rings (SSSR count). The van der Waals surface area contributed by atoms with Gasteiger partial charge in [-0.25, -0.2) is 4.79 Å². The maximum absolute atomic E-state index is 10.7. The Bertz CT molecular complexity index is 594. The molecule has 6 heteroatoms. The van der Waals surface area contributed by atoms with Crippen LogP contribution < -0.4 is 0 Å². The van der Waals surface area contributed by atoms with Gasteiger partial charge in [0, 0.05) is 15.1 Å². The molecule has 2 aromatic rings. The SMILES string of the molecule is O=C(O)c1ccc(C(O)c2cc(Cl)ccc2Br)o1. The van der Waals surface area contributed by atoms with E-state index in [1.165, 1.54) is 12.1 Å². The van der Waals surface area contributed by atoms with Crippen molar-refractivity contribution in [3.8, 4) is 0 Å². The summed E-state index contributed by atoms with van der Waals surface area (Å²) >= 11 is 9.13. The van der Waals surface area contributed by atoms with Gasteiger partial charge in [0.1, 0.15) is 11.9 Å². The summed E-state index contributed by atoms with van der Waals surface area (Å²) in [4.78, 5) is 10.7. The maximum Gasteiger partial charge on any atom is 0.371 e. The summed E-state index contributed by atoms with van der Waals surface area (Å²) in [7, 11) is 0. The van der Waals surface area contributed by atoms with E-state index in [0.717, 1.165) is 0 Å². The van der Waals surface area contributed by atoms with E-state index >= 15 is 0 Å². The first kappa shape index (κ1) is 13.1. The minimum atomic E-state index is -1.18. The monoisotopic (exact) mass is 330 g/mol. The maximum atomic E-state index is 10.7. The molecule has 1 atom stereocenters. The third kappa shape index (κ3) is 2.58. The zero-order chi connectivity index (χ0) is 13.3. The van der Waals surface area contributed by atoms with E-state index in [-0.39, 0.29) is 11.5 Å². The molecule has 0 aliphatic rings. The Hall–Kier alpha value is -1.30. The minimum Gasteiger partial charge on any atom is -0.475 e. The molecular weight excluding hydrogens is 323 g/mol. The molecular formula is C12H8BrClO4. The van der Waals surface area contributed by atoms with E-state index in [0.29, 0.717) is 15.1 Å². The molecule has 0 radical (unpaired) electrons. The Morgan fingerprint density at radius 3 is 2.67 bits per heavy atom. The quantitative estimate of drug-likeness (QED) is 0.903. The van der Waals surface area contributed by atoms with Gasteiger partial charge in [-0.05, 0) is 30.3 Å². The number of aliphatic hydroxyl groups excluding tert-OH is 1. The molecule has 4 nitrogen and oxygen atoms in total. The Morgan fingerprint density at radius 1 is 1.33 bits per heavy atom. The van der Waals surface area contributed by atoms with Crippen molar-refractivity contribution in [3.05, 3.63) is 56.9 Å². The van der Waals surface area contributed by atoms with Crippen LogP contribution >= 0.6 is 27.5 Å². The van der Waals surface area contributed by atoms with Gasteiger partial charge in [0.05, 0.1) is 0 Å². The van der Waals surface area contributed by atoms with Gasteiger partial charge < -0.3 is 14.6 Å². The number of rotatable bonds is 3. The molecule has 0 saturated heterocycles. The molecule has 1 aromatic carbocycles. The zero-order valence-corrected chi connectivity index (χ0v) is 11.3. The first-order valence-electron chi connectivity index (χ1n) is 4.95. The predicted octanol–water partition coefficient (Wildman–Crippen LogP) is 3.48. The van der Waals surface area contributed by atoms with Gasteiger partial charge in [0.15, 0.2) is 0 Å². The molecule has 0 bridgehead atoms. The number of hydrogen-bond acceptors (Lipinski definition) is 3. The molecule has 0 aliphatic carbocycles. The largest absolute Gasteiger partial charge is 0.475 e. The van der Waals surface area contributed by atoms with Crippen molar-refractivity contribution in [2.45, 2.75) is 6.10 Å². The molecule has 1 unspecified atom stereocenters. The number of carboxylic acid groups (broad SMARTS) is 1. The van der Waals surface area contributed by atoms with Crippen molar-refractivity contribution < 1.29 is 19.4 Å². The molecule has 2 N–H and O–H groups in total. The molecule has 1 aromatic heterocycles. The highest BCUT2D eigenvalue weighted by molar-refractivity contribution is 9.10. The van der Waals surface area contributed by atoms with E-state index in [9.17, 15) is 9.90 Å². The zero-order valence-electron chi connectivity index (χ0n) is 8.93. The first-order valence-corrected chi connectivity index (χ1v) is 6.12. The van der Waals surface area contributed by atoms with Crippen LogP contribution in [0.3, 0.4) is 0 Å². The highest BCUT2D eigenvalue weighted by Gasteiger charge is 2.19. The van der Waals surface area contributed by atoms with Crippen molar-refractivity contribution >= 4 is 33.5 Å². The van der Waals surface area contributed by atoms with Crippen LogP contribution in [0.5, 0.6) is 0 Å². The topological polar surface area (TPSA) is 70.7 Å². The minimum absolute atomic E-state index is 0.148. The van der Waals surface area contributed by atoms with E-state index in [1.807, 2.05) is 0 Å². The molecule has 18 heavy (non-hydrogen) atoms. The average molecular weight is 332 g/mol. The van der Waals surface area contributed by atoms with Crippen LogP contribution in [-0.2, 0) is 0 Å². The summed E-state index contributed by atoms with van der Waals surface area (Å²) in [5, 5.41) is 19.3. The molecule has 0 saturated carbocycles. The predicted molar refractivity (Wildman–Crippen MR) is 68.9 cm³/mol. The number of benzene rings is 1. The normalized spacial score (nSPS) is 12.4. The van der Waals surface area contributed by atoms with Gasteiger partial charge in [0.2, 0.25) is 5.76 Å². The second-order valence-corrected chi connectivity index (χ2v) is 4.87. The summed E-state index contributed by atoms with van der Waals surface area (Å²) in [6.45, 7) is 0. The number of aliphatic hydroxyl groups is 1. The van der Waals surface area contributed by atoms with Crippen molar-refractivity contribution in [3.63, 3.8) is 0 Å². The van der Waals surface area contributed by atoms with Crippen LogP contribution in [0.2, 0.25) is 5.02 Å². The summed E-state index contributed by atoms with van der Waals surface area (Å²) in [6, 6.07) is 7.66. The summed E-state index contributed by atoms with van der Waals surface area (Å²) in [5.41, 5.74) is 0.508. The van der Waals surface area contributed by atoms with Crippen molar-refractivity contribution in [2.75, 3.05) is 0 Å². The highest BCUT2D eigenvalue weighted by Crippen LogP contribution is 2.31. The first-order chi connectivity index (χ1) is 8.49. The third-order valence-electron chi connectivity index (χ3n) is 2.36. The number of carbonyl (C=O) groups is 1. The molecule has 0 spiro atoms. The Labute approximate surface area is 116 Å². The van der Waals surface area contributed by atoms with Gasteiger partial charge in [-0.3, -0.25) is 0 Å². The lowest BCUT2D eigenvalue weighted by molar-refractivity contribution is 0.0655. The molecule has 0 fully saturated rings. The van der Waals surface area contributed by atoms with E-state index in [2.05, 4.69) is 15.9 Å². The van der Waals surface area contributed by atoms with Crippen LogP contribution in [0.15, 0.2) is 39.2 Å². The number of halogens is 2. The third-order valence-corrected chi connectivity index (χ3v) is 3.32. The number of carboxylic acids is 1. The molecule has 0 aliphatic heterocycles. The lowest BCUT2D eigenvalue weighted by Gasteiger charge is -2.10. The summed E-state index contributed by atoms with van der Waals surface area (Å²) in [5.74, 6) is -1.25. The molecule has 94 valence electrons. The lowest BCUT2D eigenvalue weighted by Crippen LogP contribution is -1.99. The summed E-state index contributed by atoms with van der Waals surface area (Å²) < 4.78 is 5.70. The van der Waals surface area contributed by atoms with Gasteiger partial charge in [-0.2, -0.15) is 0 Å². The average Bonchev–Trinajstić information content (AvgIpc) is 2.81. The van der Waals surface area contributed by atoms with E-state index in [1.54, 1.807) is 18.2 Å². The van der Waals surface area contributed by atoms with E-state index < -0.39 is 12.1 Å². The highest BCUT2D eigenvalue weighted by atomic mass is 79.9. The van der Waals surface area contributed by atoms with Crippen LogP contribution in [0.1, 0.15) is 28.0 Å². The Morgan fingerprint density at radius 2 is 2.06 bits per heavy atom. The molecule has 1 heterocycles. The van der Waals surface area contributed by atoms with Gasteiger partial charge in [0.25, 0.3) is 0 Å². The fourth-order valence-electron chi connectivity index (χ4n) is 1.49. The Balaban J connectivity index is 2.37. The van der Waals surface area contributed by atoms with Crippen molar-refractivity contribution in [1.29, 1.82) is 0 Å². The van der Waals surface area contributed by atoms with Crippen LogP contribution in [0.25, 0.3) is 0 Å². The van der Waals surface area contributed by atoms with Crippen molar-refractivity contribution in [1.82, 2.24) is 0 Å². The van der Waals surface area contributed by atoms with Crippen molar-refractivity contribution in [2.24, 2.45) is 0 Å². The van der Waals surface area contributed by atoms with Crippen LogP contribution in [0.4, 0.5) is 0 Å². The standard InChI is InChI=1S/C12H8BrClO4/c13-8-2-1-6(14)5-7(8)11(15)9-3-4-10(18-9)12(16)17/h1-5,11,15H,(H,16,17). The van der Waals surface area contributed by atoms with E-state index in [4.69, 9.17) is 21.1 Å². The lowest BCUT2D eigenvalue weighted by atomic mass is 10.1. The van der Waals surface area contributed by atoms with Gasteiger partial charge >= 0.3 is 5.97 Å². The number of aromatic carboxylic acids is 1. The fraction of sp³-hybridized carbons (Fsp3) is 0.0833. The number of hydrogen-bond donors (Lipinski definition) is 2. The fourth-order valence-corrected chi connectivity index (χ4v) is 2.14. The Kier molecular flexibility index (Phi) is 3.75. The smallest absolute Gasteiger partial charge is 0.371 e. The van der Waals surface area contributed by atoms with Crippen LogP contribution in [-0.4, -0.2) is 16.2 Å². The summed E-state index contributed by atoms with van der Waals surface area (Å²) in [6.07, 6.45) is -1.08. The van der Waals surface area contributed by atoms with Crippen LogP contribution in [0, 0.1) is 0 Å². The second kappa shape index (κ2) is 5.14.